The smallest absolute Gasteiger partial charge is 0.326 e. The molecule has 0 aliphatic carbocycles. The van der Waals surface area contributed by atoms with Crippen LogP contribution in [0.3, 0.4) is 0 Å². The number of hydrogen-bond acceptors (Lipinski definition) is 6. The highest BCUT2D eigenvalue weighted by atomic mass is 16.4. The van der Waals surface area contributed by atoms with Crippen molar-refractivity contribution in [1.82, 2.24) is 21.3 Å². The number of aliphatic hydroxyl groups is 1. The number of aliphatic carboxylic acids is 1. The predicted molar refractivity (Wildman–Crippen MR) is 126 cm³/mol. The fraction of sp³-hybridized carbons (Fsp3) is 0.583. The van der Waals surface area contributed by atoms with Crippen molar-refractivity contribution >= 4 is 23.7 Å². The van der Waals surface area contributed by atoms with Gasteiger partial charge in [0.05, 0.1) is 12.1 Å². The first kappa shape index (κ1) is 27.3. The predicted octanol–water partition coefficient (Wildman–Crippen LogP) is -0.0530. The van der Waals surface area contributed by atoms with Gasteiger partial charge in [-0.05, 0) is 44.2 Å². The molecule has 1 fully saturated rings. The summed E-state index contributed by atoms with van der Waals surface area (Å²) in [6, 6.07) is 5.04. The van der Waals surface area contributed by atoms with Gasteiger partial charge in [0.2, 0.25) is 17.7 Å². The summed E-state index contributed by atoms with van der Waals surface area (Å²) >= 11 is 0. The Morgan fingerprint density at radius 2 is 1.65 bits per heavy atom. The SMILES string of the molecule is CC(C)C[C@H](NC(=O)[C@H](Cc1ccccc1)NC(=O)[C@@H](NC(=O)[C@@H]1CCCN1)[C@@H](C)O)C(=O)O. The summed E-state index contributed by atoms with van der Waals surface area (Å²) < 4.78 is 0. The monoisotopic (exact) mass is 476 g/mol. The molecule has 34 heavy (non-hydrogen) atoms. The average Bonchev–Trinajstić information content (AvgIpc) is 3.31. The van der Waals surface area contributed by atoms with Crippen LogP contribution in [0.15, 0.2) is 30.3 Å². The fourth-order valence-corrected chi connectivity index (χ4v) is 3.85. The van der Waals surface area contributed by atoms with E-state index in [0.29, 0.717) is 13.0 Å². The molecule has 5 atom stereocenters. The third kappa shape index (κ3) is 8.42. The van der Waals surface area contributed by atoms with Crippen LogP contribution in [-0.2, 0) is 25.6 Å². The van der Waals surface area contributed by atoms with Crippen molar-refractivity contribution < 1.29 is 29.4 Å². The molecule has 0 aromatic heterocycles. The van der Waals surface area contributed by atoms with Crippen LogP contribution in [0.25, 0.3) is 0 Å². The molecule has 1 saturated heterocycles. The number of rotatable bonds is 12. The third-order valence-electron chi connectivity index (χ3n) is 5.68. The van der Waals surface area contributed by atoms with E-state index in [2.05, 4.69) is 21.3 Å². The van der Waals surface area contributed by atoms with Gasteiger partial charge in [0.1, 0.15) is 18.1 Å². The quantitative estimate of drug-likeness (QED) is 0.247. The van der Waals surface area contributed by atoms with Gasteiger partial charge < -0.3 is 31.5 Å². The molecule has 0 saturated carbocycles. The van der Waals surface area contributed by atoms with Crippen LogP contribution < -0.4 is 21.3 Å². The summed E-state index contributed by atoms with van der Waals surface area (Å²) in [5.74, 6) is -2.91. The summed E-state index contributed by atoms with van der Waals surface area (Å²) in [4.78, 5) is 50.2. The van der Waals surface area contributed by atoms with E-state index in [4.69, 9.17) is 0 Å². The molecule has 0 radical (unpaired) electrons. The number of carbonyl (C=O) groups excluding carboxylic acids is 3. The first-order chi connectivity index (χ1) is 16.1. The Labute approximate surface area is 199 Å². The van der Waals surface area contributed by atoms with Crippen LogP contribution in [-0.4, -0.2) is 70.7 Å². The highest BCUT2D eigenvalue weighted by Gasteiger charge is 2.33. The van der Waals surface area contributed by atoms with Crippen LogP contribution in [0.5, 0.6) is 0 Å². The largest absolute Gasteiger partial charge is 0.480 e. The Bertz CT molecular complexity index is 839. The van der Waals surface area contributed by atoms with Gasteiger partial charge in [-0.3, -0.25) is 14.4 Å². The lowest BCUT2D eigenvalue weighted by Crippen LogP contribution is -2.60. The van der Waals surface area contributed by atoms with E-state index in [-0.39, 0.29) is 18.8 Å². The first-order valence-corrected chi connectivity index (χ1v) is 11.7. The molecular formula is C24H36N4O6. The summed E-state index contributed by atoms with van der Waals surface area (Å²) in [6.07, 6.45) is 0.596. The highest BCUT2D eigenvalue weighted by Crippen LogP contribution is 2.09. The second-order valence-electron chi connectivity index (χ2n) is 9.16. The zero-order valence-corrected chi connectivity index (χ0v) is 19.9. The Hall–Kier alpha value is -2.98. The Kier molecular flexibility index (Phi) is 10.5. The maximum absolute atomic E-state index is 13.1. The van der Waals surface area contributed by atoms with Gasteiger partial charge in [-0.15, -0.1) is 0 Å². The molecule has 10 nitrogen and oxygen atoms in total. The molecule has 1 aliphatic heterocycles. The van der Waals surface area contributed by atoms with Gasteiger partial charge in [0.25, 0.3) is 0 Å². The van der Waals surface area contributed by atoms with E-state index in [1.807, 2.05) is 19.9 Å². The van der Waals surface area contributed by atoms with Gasteiger partial charge in [-0.2, -0.15) is 0 Å². The molecular weight excluding hydrogens is 440 g/mol. The van der Waals surface area contributed by atoms with Crippen molar-refractivity contribution in [3.63, 3.8) is 0 Å². The molecule has 1 aromatic carbocycles. The molecule has 3 amide bonds. The van der Waals surface area contributed by atoms with Crippen molar-refractivity contribution in [2.24, 2.45) is 5.92 Å². The number of benzene rings is 1. The highest BCUT2D eigenvalue weighted by molar-refractivity contribution is 5.94. The summed E-state index contributed by atoms with van der Waals surface area (Å²) in [5.41, 5.74) is 0.756. The Morgan fingerprint density at radius 3 is 2.18 bits per heavy atom. The second-order valence-corrected chi connectivity index (χ2v) is 9.16. The summed E-state index contributed by atoms with van der Waals surface area (Å²) in [6.45, 7) is 5.77. The molecule has 1 heterocycles. The standard InChI is InChI=1S/C24H36N4O6/c1-14(2)12-19(24(33)34)27-22(31)18(13-16-8-5-4-6-9-16)26-23(32)20(15(3)29)28-21(30)17-10-7-11-25-17/h4-6,8-9,14-15,17-20,25,29H,7,10-13H2,1-3H3,(H,26,32)(H,27,31)(H,28,30)(H,33,34)/t15-,17+,18+,19+,20+/m1/s1. The van der Waals surface area contributed by atoms with Gasteiger partial charge in [-0.1, -0.05) is 44.2 Å². The second kappa shape index (κ2) is 13.0. The van der Waals surface area contributed by atoms with E-state index in [1.165, 1.54) is 6.92 Å². The maximum atomic E-state index is 13.1. The minimum absolute atomic E-state index is 0.0302. The van der Waals surface area contributed by atoms with Crippen molar-refractivity contribution in [2.45, 2.75) is 76.7 Å². The van der Waals surface area contributed by atoms with Crippen LogP contribution in [0.2, 0.25) is 0 Å². The van der Waals surface area contributed by atoms with Crippen molar-refractivity contribution in [3.8, 4) is 0 Å². The topological polar surface area (TPSA) is 157 Å². The lowest BCUT2D eigenvalue weighted by Gasteiger charge is -2.27. The van der Waals surface area contributed by atoms with E-state index in [9.17, 15) is 29.4 Å². The van der Waals surface area contributed by atoms with E-state index < -0.39 is 54.0 Å². The molecule has 188 valence electrons. The average molecular weight is 477 g/mol. The number of aliphatic hydroxyl groups excluding tert-OH is 1. The molecule has 6 N–H and O–H groups in total. The minimum atomic E-state index is -1.27. The number of carbonyl (C=O) groups is 4. The van der Waals surface area contributed by atoms with Crippen molar-refractivity contribution in [3.05, 3.63) is 35.9 Å². The van der Waals surface area contributed by atoms with Crippen LogP contribution in [0, 0.1) is 5.92 Å². The number of nitrogens with one attached hydrogen (secondary N) is 4. The number of carboxylic acids is 1. The minimum Gasteiger partial charge on any atom is -0.480 e. The Morgan fingerprint density at radius 1 is 1.00 bits per heavy atom. The van der Waals surface area contributed by atoms with E-state index >= 15 is 0 Å². The number of carboxylic acid groups (broad SMARTS) is 1. The molecule has 0 spiro atoms. The van der Waals surface area contributed by atoms with Crippen LogP contribution in [0.1, 0.15) is 45.6 Å². The van der Waals surface area contributed by atoms with Crippen molar-refractivity contribution in [1.29, 1.82) is 0 Å². The summed E-state index contributed by atoms with van der Waals surface area (Å²) in [7, 11) is 0. The fourth-order valence-electron chi connectivity index (χ4n) is 3.85. The zero-order valence-electron chi connectivity index (χ0n) is 19.9. The van der Waals surface area contributed by atoms with Crippen LogP contribution in [0.4, 0.5) is 0 Å². The first-order valence-electron chi connectivity index (χ1n) is 11.7. The van der Waals surface area contributed by atoms with E-state index in [0.717, 1.165) is 12.0 Å². The molecule has 1 aliphatic rings. The molecule has 10 heteroatoms. The normalized spacial score (nSPS) is 19.0. The summed E-state index contributed by atoms with van der Waals surface area (Å²) in [5, 5.41) is 30.4. The molecule has 0 bridgehead atoms. The number of amides is 3. The van der Waals surface area contributed by atoms with Gasteiger partial charge in [-0.25, -0.2) is 4.79 Å². The van der Waals surface area contributed by atoms with Crippen molar-refractivity contribution in [2.75, 3.05) is 6.54 Å². The molecule has 1 aromatic rings. The lowest BCUT2D eigenvalue weighted by atomic mass is 10.0. The van der Waals surface area contributed by atoms with Gasteiger partial charge in [0.15, 0.2) is 0 Å². The third-order valence-corrected chi connectivity index (χ3v) is 5.68. The maximum Gasteiger partial charge on any atom is 0.326 e. The van der Waals surface area contributed by atoms with Crippen LogP contribution >= 0.6 is 0 Å². The molecule has 0 unspecified atom stereocenters. The van der Waals surface area contributed by atoms with Gasteiger partial charge >= 0.3 is 5.97 Å². The number of hydrogen-bond donors (Lipinski definition) is 6. The van der Waals surface area contributed by atoms with E-state index in [1.54, 1.807) is 24.3 Å². The van der Waals surface area contributed by atoms with Gasteiger partial charge in [0, 0.05) is 6.42 Å². The molecule has 2 rings (SSSR count). The lowest BCUT2D eigenvalue weighted by molar-refractivity contribution is -0.143. The Balaban J connectivity index is 2.17. The zero-order chi connectivity index (χ0) is 25.3.